The Bertz CT molecular complexity index is 688. The molecule has 6 heteroatoms. The number of hydrogen-bond acceptors (Lipinski definition) is 3. The third-order valence-corrected chi connectivity index (χ3v) is 4.35. The molecule has 2 aromatic heterocycles. The molecule has 20 heavy (non-hydrogen) atoms. The number of aromatic nitrogens is 2. The number of hydrogen-bond donors (Lipinski definition) is 1. The third-order valence-electron chi connectivity index (χ3n) is 3.25. The molecule has 0 fully saturated rings. The summed E-state index contributed by atoms with van der Waals surface area (Å²) in [7, 11) is 1.80. The van der Waals surface area contributed by atoms with Crippen LogP contribution in [-0.4, -0.2) is 16.4 Å². The Labute approximate surface area is 125 Å². The number of imidazole rings is 1. The van der Waals surface area contributed by atoms with Gasteiger partial charge in [0.05, 0.1) is 5.69 Å². The van der Waals surface area contributed by atoms with Crippen LogP contribution >= 0.6 is 22.9 Å². The van der Waals surface area contributed by atoms with Gasteiger partial charge in [0.1, 0.15) is 5.82 Å². The first-order valence-electron chi connectivity index (χ1n) is 6.21. The van der Waals surface area contributed by atoms with Crippen molar-refractivity contribution in [2.45, 2.75) is 12.5 Å². The van der Waals surface area contributed by atoms with Gasteiger partial charge in [-0.05, 0) is 19.2 Å². The predicted octanol–water partition coefficient (Wildman–Crippen LogP) is 3.69. The minimum absolute atomic E-state index is 0.201. The van der Waals surface area contributed by atoms with Gasteiger partial charge in [-0.3, -0.25) is 4.40 Å². The largest absolute Gasteiger partial charge is 0.313 e. The highest BCUT2D eigenvalue weighted by Gasteiger charge is 2.19. The summed E-state index contributed by atoms with van der Waals surface area (Å²) in [5, 5.41) is 5.53. The number of fused-ring (bicyclic) bond motifs is 1. The summed E-state index contributed by atoms with van der Waals surface area (Å²) in [6, 6.07) is 4.54. The van der Waals surface area contributed by atoms with Gasteiger partial charge in [0, 0.05) is 40.8 Å². The van der Waals surface area contributed by atoms with Crippen molar-refractivity contribution in [3.05, 3.63) is 58.1 Å². The number of nitrogens with zero attached hydrogens (tertiary/aromatic N) is 2. The van der Waals surface area contributed by atoms with Gasteiger partial charge in [0.15, 0.2) is 4.96 Å². The van der Waals surface area contributed by atoms with Crippen LogP contribution in [0.15, 0.2) is 36.0 Å². The van der Waals surface area contributed by atoms with E-state index >= 15 is 0 Å². The van der Waals surface area contributed by atoms with Crippen LogP contribution in [0.1, 0.15) is 17.3 Å². The normalized spacial score (nSPS) is 12.9. The molecule has 1 N–H and O–H groups in total. The molecule has 0 saturated heterocycles. The van der Waals surface area contributed by atoms with Crippen molar-refractivity contribution >= 4 is 27.9 Å². The van der Waals surface area contributed by atoms with Crippen LogP contribution in [0.2, 0.25) is 5.02 Å². The van der Waals surface area contributed by atoms with Gasteiger partial charge in [-0.15, -0.1) is 11.3 Å². The number of halogens is 2. The maximum absolute atomic E-state index is 14.0. The topological polar surface area (TPSA) is 29.3 Å². The second-order valence-corrected chi connectivity index (χ2v) is 5.79. The molecular formula is C14H13ClFN3S. The molecule has 0 bridgehead atoms. The van der Waals surface area contributed by atoms with Gasteiger partial charge in [0.25, 0.3) is 0 Å². The van der Waals surface area contributed by atoms with Crippen LogP contribution in [0.3, 0.4) is 0 Å². The second-order valence-electron chi connectivity index (χ2n) is 4.51. The van der Waals surface area contributed by atoms with Crippen LogP contribution in [0.4, 0.5) is 4.39 Å². The van der Waals surface area contributed by atoms with E-state index in [4.69, 9.17) is 11.6 Å². The Balaban J connectivity index is 1.92. The van der Waals surface area contributed by atoms with E-state index in [-0.39, 0.29) is 11.9 Å². The lowest BCUT2D eigenvalue weighted by Crippen LogP contribution is -2.20. The average Bonchev–Trinajstić information content (AvgIpc) is 2.98. The molecule has 0 aliphatic heterocycles. The molecule has 104 valence electrons. The highest BCUT2D eigenvalue weighted by Crippen LogP contribution is 2.28. The number of thiazole rings is 1. The molecule has 1 unspecified atom stereocenters. The fourth-order valence-electron chi connectivity index (χ4n) is 2.28. The molecule has 0 aliphatic carbocycles. The van der Waals surface area contributed by atoms with Crippen molar-refractivity contribution in [2.24, 2.45) is 0 Å². The lowest BCUT2D eigenvalue weighted by atomic mass is 10.0. The Hall–Kier alpha value is -1.43. The number of likely N-dealkylation sites (N-methyl/N-ethyl adjacent to an activating group) is 1. The van der Waals surface area contributed by atoms with Crippen molar-refractivity contribution in [3.63, 3.8) is 0 Å². The number of rotatable bonds is 4. The highest BCUT2D eigenvalue weighted by molar-refractivity contribution is 7.15. The molecule has 3 rings (SSSR count). The van der Waals surface area contributed by atoms with Gasteiger partial charge >= 0.3 is 0 Å². The highest BCUT2D eigenvalue weighted by atomic mass is 35.5. The summed E-state index contributed by atoms with van der Waals surface area (Å²) >= 11 is 7.70. The van der Waals surface area contributed by atoms with E-state index in [0.29, 0.717) is 17.0 Å². The molecule has 0 saturated carbocycles. The Morgan fingerprint density at radius 2 is 2.35 bits per heavy atom. The summed E-state index contributed by atoms with van der Waals surface area (Å²) in [5.74, 6) is -0.294. The minimum Gasteiger partial charge on any atom is -0.313 e. The maximum atomic E-state index is 14.0. The van der Waals surface area contributed by atoms with E-state index in [9.17, 15) is 4.39 Å². The minimum atomic E-state index is -0.294. The van der Waals surface area contributed by atoms with Gasteiger partial charge in [-0.25, -0.2) is 9.37 Å². The monoisotopic (exact) mass is 309 g/mol. The fraction of sp³-hybridized carbons (Fsp3) is 0.214. The predicted molar refractivity (Wildman–Crippen MR) is 80.0 cm³/mol. The first kappa shape index (κ1) is 13.5. The zero-order valence-corrected chi connectivity index (χ0v) is 12.4. The zero-order chi connectivity index (χ0) is 14.1. The Morgan fingerprint density at radius 1 is 1.50 bits per heavy atom. The molecule has 3 aromatic rings. The fourth-order valence-corrected chi connectivity index (χ4v) is 3.29. The van der Waals surface area contributed by atoms with Crippen molar-refractivity contribution in [1.29, 1.82) is 0 Å². The Kier molecular flexibility index (Phi) is 3.74. The summed E-state index contributed by atoms with van der Waals surface area (Å²) in [6.07, 6.45) is 4.51. The molecule has 0 aliphatic rings. The lowest BCUT2D eigenvalue weighted by Gasteiger charge is -2.17. The van der Waals surface area contributed by atoms with Crippen molar-refractivity contribution in [2.75, 3.05) is 7.05 Å². The first-order chi connectivity index (χ1) is 9.69. The smallest absolute Gasteiger partial charge is 0.193 e. The molecule has 0 radical (unpaired) electrons. The molecule has 1 aromatic carbocycles. The van der Waals surface area contributed by atoms with Crippen LogP contribution in [-0.2, 0) is 6.42 Å². The van der Waals surface area contributed by atoms with Crippen LogP contribution < -0.4 is 5.32 Å². The molecule has 2 heterocycles. The van der Waals surface area contributed by atoms with Crippen molar-refractivity contribution in [3.8, 4) is 0 Å². The van der Waals surface area contributed by atoms with Crippen LogP contribution in [0, 0.1) is 5.82 Å². The molecule has 3 nitrogen and oxygen atoms in total. The third kappa shape index (κ3) is 2.44. The summed E-state index contributed by atoms with van der Waals surface area (Å²) in [4.78, 5) is 5.46. The van der Waals surface area contributed by atoms with E-state index < -0.39 is 0 Å². The zero-order valence-electron chi connectivity index (χ0n) is 10.8. The molecule has 1 atom stereocenters. The van der Waals surface area contributed by atoms with Crippen molar-refractivity contribution < 1.29 is 4.39 Å². The summed E-state index contributed by atoms with van der Waals surface area (Å²) in [6.45, 7) is 0. The summed E-state index contributed by atoms with van der Waals surface area (Å²) in [5.41, 5.74) is 1.41. The quantitative estimate of drug-likeness (QED) is 0.796. The first-order valence-corrected chi connectivity index (χ1v) is 7.47. The molecule has 0 spiro atoms. The standard InChI is InChI=1S/C14H13ClFN3S/c1-17-12(13-10(15)3-2-4-11(13)16)7-9-8-19-5-6-20-14(19)18-9/h2-6,8,12,17H,7H2,1H3. The van der Waals surface area contributed by atoms with Crippen LogP contribution in [0.5, 0.6) is 0 Å². The molecular weight excluding hydrogens is 297 g/mol. The van der Waals surface area contributed by atoms with E-state index in [0.717, 1.165) is 10.7 Å². The average molecular weight is 310 g/mol. The Morgan fingerprint density at radius 3 is 3.05 bits per heavy atom. The van der Waals surface area contributed by atoms with E-state index in [1.54, 1.807) is 30.5 Å². The second kappa shape index (κ2) is 5.52. The van der Waals surface area contributed by atoms with Crippen LogP contribution in [0.25, 0.3) is 4.96 Å². The van der Waals surface area contributed by atoms with E-state index in [2.05, 4.69) is 10.3 Å². The van der Waals surface area contributed by atoms with Crippen molar-refractivity contribution in [1.82, 2.24) is 14.7 Å². The molecule has 0 amide bonds. The van der Waals surface area contributed by atoms with Gasteiger partial charge in [-0.2, -0.15) is 0 Å². The number of benzene rings is 1. The maximum Gasteiger partial charge on any atom is 0.193 e. The lowest BCUT2D eigenvalue weighted by molar-refractivity contribution is 0.531. The van der Waals surface area contributed by atoms with E-state index in [1.807, 2.05) is 22.2 Å². The number of nitrogens with one attached hydrogen (secondary N) is 1. The van der Waals surface area contributed by atoms with Gasteiger partial charge < -0.3 is 5.32 Å². The van der Waals surface area contributed by atoms with Gasteiger partial charge in [-0.1, -0.05) is 17.7 Å². The SMILES string of the molecule is CNC(Cc1cn2ccsc2n1)c1c(F)cccc1Cl. The van der Waals surface area contributed by atoms with E-state index in [1.165, 1.54) is 6.07 Å². The van der Waals surface area contributed by atoms with Gasteiger partial charge in [0.2, 0.25) is 0 Å². The summed E-state index contributed by atoms with van der Waals surface area (Å²) < 4.78 is 16.0.